The fraction of sp³-hybridized carbons (Fsp3) is 0.400. The van der Waals surface area contributed by atoms with Crippen molar-refractivity contribution < 1.29 is 17.8 Å². The third-order valence-corrected chi connectivity index (χ3v) is 4.34. The Labute approximate surface area is 128 Å². The van der Waals surface area contributed by atoms with Crippen molar-refractivity contribution in [3.8, 4) is 18.2 Å². The van der Waals surface area contributed by atoms with Crippen LogP contribution < -0.4 is 5.32 Å². The first-order valence-corrected chi connectivity index (χ1v) is 5.91. The van der Waals surface area contributed by atoms with Crippen molar-refractivity contribution in [3.05, 3.63) is 23.8 Å². The molecule has 0 radical (unpaired) electrons. The Morgan fingerprint density at radius 2 is 1.71 bits per heavy atom. The molecular formula is C15H8N4O2. The van der Waals surface area contributed by atoms with Crippen LogP contribution in [-0.4, -0.2) is 11.8 Å². The van der Waals surface area contributed by atoms with E-state index in [1.807, 2.05) is 0 Å². The third kappa shape index (κ3) is 0.865. The molecule has 0 aromatic heterocycles. The molecule has 6 unspecified atom stereocenters. The maximum Gasteiger partial charge on any atom is 0.249 e. The molecule has 0 aromatic carbocycles. The van der Waals surface area contributed by atoms with Crippen molar-refractivity contribution in [2.45, 2.75) is 0 Å². The van der Waals surface area contributed by atoms with Crippen molar-refractivity contribution in [1.82, 2.24) is 5.32 Å². The van der Waals surface area contributed by atoms with Gasteiger partial charge in [-0.15, -0.1) is 0 Å². The van der Waals surface area contributed by atoms with Crippen LogP contribution in [0.5, 0.6) is 0 Å². The molecule has 1 heterocycles. The number of carbonyl (C=O) groups is 2. The zero-order chi connectivity index (χ0) is 20.4. The molecule has 6 atom stereocenters. The van der Waals surface area contributed by atoms with E-state index in [1.165, 1.54) is 12.1 Å². The first-order valence-electron chi connectivity index (χ1n) is 8.91. The number of amides is 2. The summed E-state index contributed by atoms with van der Waals surface area (Å²) in [6.45, 7) is 0. The van der Waals surface area contributed by atoms with Crippen LogP contribution in [0.25, 0.3) is 0 Å². The standard InChI is InChI=1S/C15H8N4O2/c16-4-7-3-8-9-1-2-10(11(7)8)15(6-18)13(21)19-12(20)14(9,15)5-17/h1-3,8-11H,(H,19,20,21)/i1D,2D,8D,9D,10D,11D. The summed E-state index contributed by atoms with van der Waals surface area (Å²) in [6.07, 6.45) is 0.799. The SMILES string of the molecule is [2H]C1=C([2H])C2([2H])C3([2H])C(C#N)=CC3([2H])C1([2H])C1(C#N)C(=O)NC(=O)C21C#N. The summed E-state index contributed by atoms with van der Waals surface area (Å²) in [5.41, 5.74) is -6.58. The predicted octanol–water partition coefficient (Wildman–Crippen LogP) is 0.175. The lowest BCUT2D eigenvalue weighted by Crippen LogP contribution is -2.64. The average Bonchev–Trinajstić information content (AvgIpc) is 2.88. The first kappa shape index (κ1) is 7.20. The van der Waals surface area contributed by atoms with Gasteiger partial charge < -0.3 is 0 Å². The van der Waals surface area contributed by atoms with Gasteiger partial charge in [-0.05, 0) is 5.89 Å². The lowest BCUT2D eigenvalue weighted by Gasteiger charge is -2.58. The summed E-state index contributed by atoms with van der Waals surface area (Å²) in [5.74, 6) is -14.4. The molecule has 5 rings (SSSR count). The molecule has 6 nitrogen and oxygen atoms in total. The van der Waals surface area contributed by atoms with Crippen molar-refractivity contribution in [1.29, 1.82) is 15.8 Å². The second-order valence-electron chi connectivity index (χ2n) is 4.97. The van der Waals surface area contributed by atoms with Crippen LogP contribution in [0.1, 0.15) is 8.22 Å². The van der Waals surface area contributed by atoms with Crippen LogP contribution in [0.3, 0.4) is 0 Å². The molecule has 1 aliphatic heterocycles. The van der Waals surface area contributed by atoms with E-state index >= 15 is 0 Å². The Hall–Kier alpha value is -2.91. The van der Waals surface area contributed by atoms with Crippen LogP contribution >= 0.6 is 0 Å². The third-order valence-electron chi connectivity index (χ3n) is 4.34. The summed E-state index contributed by atoms with van der Waals surface area (Å²) in [7, 11) is 0. The lowest BCUT2D eigenvalue weighted by molar-refractivity contribution is -0.143. The summed E-state index contributed by atoms with van der Waals surface area (Å²) in [5, 5.41) is 30.8. The normalized spacial score (nSPS) is 67.0. The highest BCUT2D eigenvalue weighted by Gasteiger charge is 2.80. The molecule has 6 heteroatoms. The molecular weight excluding hydrogens is 268 g/mol. The number of rotatable bonds is 0. The van der Waals surface area contributed by atoms with Crippen LogP contribution in [0.15, 0.2) is 23.8 Å². The number of allylic oxidation sites excluding steroid dienone is 4. The van der Waals surface area contributed by atoms with Crippen LogP contribution in [0.2, 0.25) is 0 Å². The highest BCUT2D eigenvalue weighted by atomic mass is 16.2. The number of nitriles is 3. The number of hydrogen-bond donors (Lipinski definition) is 1. The van der Waals surface area contributed by atoms with Crippen molar-refractivity contribution >= 4 is 11.8 Å². The zero-order valence-corrected chi connectivity index (χ0v) is 10.2. The van der Waals surface area contributed by atoms with Crippen molar-refractivity contribution in [2.24, 2.45) is 34.4 Å². The maximum atomic E-state index is 12.7. The van der Waals surface area contributed by atoms with E-state index in [9.17, 15) is 25.4 Å². The number of hydrogen-bond acceptors (Lipinski definition) is 5. The van der Waals surface area contributed by atoms with Gasteiger partial charge in [0.1, 0.15) is 0 Å². The molecule has 5 aliphatic rings. The van der Waals surface area contributed by atoms with Crippen LogP contribution in [0, 0.1) is 68.4 Å². The maximum absolute atomic E-state index is 12.7. The van der Waals surface area contributed by atoms with E-state index in [4.69, 9.17) is 8.22 Å². The van der Waals surface area contributed by atoms with Gasteiger partial charge in [-0.1, -0.05) is 18.2 Å². The van der Waals surface area contributed by atoms with E-state index in [0.29, 0.717) is 0 Å². The number of nitrogens with one attached hydrogen (secondary N) is 1. The van der Waals surface area contributed by atoms with Crippen LogP contribution in [-0.2, 0) is 9.59 Å². The minimum Gasteiger partial charge on any atom is -0.293 e. The van der Waals surface area contributed by atoms with E-state index in [-0.39, 0.29) is 0 Å². The van der Waals surface area contributed by atoms with E-state index in [2.05, 4.69) is 0 Å². The quantitative estimate of drug-likeness (QED) is 0.502. The number of imide groups is 1. The number of carbonyl (C=O) groups excluding carboxylic acids is 2. The monoisotopic (exact) mass is 282 g/mol. The van der Waals surface area contributed by atoms with Gasteiger partial charge in [0.15, 0.2) is 10.8 Å². The zero-order valence-electron chi connectivity index (χ0n) is 16.2. The van der Waals surface area contributed by atoms with Crippen molar-refractivity contribution in [2.75, 3.05) is 0 Å². The molecule has 0 spiro atoms. The summed E-state index contributed by atoms with van der Waals surface area (Å²) in [4.78, 5) is 25.4. The average molecular weight is 282 g/mol. The molecule has 0 aromatic rings. The van der Waals surface area contributed by atoms with Gasteiger partial charge in [0.2, 0.25) is 11.8 Å². The predicted molar refractivity (Wildman–Crippen MR) is 66.0 cm³/mol. The topological polar surface area (TPSA) is 118 Å². The van der Waals surface area contributed by atoms with Gasteiger partial charge in [-0.2, -0.15) is 15.8 Å². The molecule has 2 amide bonds. The Morgan fingerprint density at radius 3 is 2.29 bits per heavy atom. The minimum absolute atomic E-state index is 0.533. The molecule has 1 N–H and O–H groups in total. The van der Waals surface area contributed by atoms with E-state index < -0.39 is 63.9 Å². The lowest BCUT2D eigenvalue weighted by atomic mass is 9.38. The van der Waals surface area contributed by atoms with Gasteiger partial charge in [0, 0.05) is 28.7 Å². The Morgan fingerprint density at radius 1 is 1.14 bits per heavy atom. The molecule has 21 heavy (non-hydrogen) atoms. The molecule has 1 saturated heterocycles. The summed E-state index contributed by atoms with van der Waals surface area (Å²) >= 11 is 0. The van der Waals surface area contributed by atoms with Gasteiger partial charge in [-0.25, -0.2) is 0 Å². The van der Waals surface area contributed by atoms with Gasteiger partial charge in [-0.3, -0.25) is 14.9 Å². The summed E-state index contributed by atoms with van der Waals surface area (Å²) < 4.78 is 51.5. The molecule has 100 valence electrons. The summed E-state index contributed by atoms with van der Waals surface area (Å²) in [6, 6.07) is 2.28. The molecule has 1 saturated carbocycles. The van der Waals surface area contributed by atoms with Crippen molar-refractivity contribution in [3.63, 3.8) is 0 Å². The highest BCUT2D eigenvalue weighted by Crippen LogP contribution is 2.69. The first-order chi connectivity index (χ1) is 12.4. The minimum atomic E-state index is -3.10. The Balaban J connectivity index is 2.37. The Bertz CT molecular complexity index is 1100. The fourth-order valence-corrected chi connectivity index (χ4v) is 3.36. The second kappa shape index (κ2) is 3.22. The van der Waals surface area contributed by atoms with E-state index in [1.54, 1.807) is 11.4 Å². The van der Waals surface area contributed by atoms with E-state index in [0.717, 1.165) is 6.08 Å². The second-order valence-corrected chi connectivity index (χ2v) is 4.97. The molecule has 4 aliphatic carbocycles. The van der Waals surface area contributed by atoms with Gasteiger partial charge in [0.25, 0.3) is 0 Å². The van der Waals surface area contributed by atoms with Gasteiger partial charge in [0.05, 0.1) is 20.9 Å². The Kier molecular flexibility index (Phi) is 1.10. The highest BCUT2D eigenvalue weighted by molar-refractivity contribution is 6.14. The van der Waals surface area contributed by atoms with Gasteiger partial charge >= 0.3 is 0 Å². The molecule has 2 fully saturated rings. The van der Waals surface area contributed by atoms with Crippen LogP contribution in [0.4, 0.5) is 0 Å². The molecule has 2 bridgehead atoms. The number of nitrogens with zero attached hydrogens (tertiary/aromatic N) is 3. The largest absolute Gasteiger partial charge is 0.293 e. The fourth-order valence-electron chi connectivity index (χ4n) is 3.36. The smallest absolute Gasteiger partial charge is 0.249 e.